The van der Waals surface area contributed by atoms with E-state index in [4.69, 9.17) is 0 Å². The molecule has 0 fully saturated rings. The molecule has 0 aliphatic heterocycles. The molecule has 0 bridgehead atoms. The van der Waals surface area contributed by atoms with Crippen LogP contribution in [-0.2, 0) is 7.05 Å². The van der Waals surface area contributed by atoms with Crippen LogP contribution in [-0.4, -0.2) is 19.7 Å². The average Bonchev–Trinajstić information content (AvgIpc) is 2.66. The number of hydrogen-bond donors (Lipinski definition) is 0. The van der Waals surface area contributed by atoms with E-state index in [0.717, 1.165) is 17.1 Å². The van der Waals surface area contributed by atoms with Crippen molar-refractivity contribution in [2.45, 2.75) is 13.8 Å². The molecular formula is C12H16N4. The maximum Gasteiger partial charge on any atom is 0.125 e. The Labute approximate surface area is 95.7 Å². The zero-order valence-electron chi connectivity index (χ0n) is 9.88. The maximum absolute atomic E-state index is 4.29. The van der Waals surface area contributed by atoms with Crippen molar-refractivity contribution in [2.75, 3.05) is 0 Å². The summed E-state index contributed by atoms with van der Waals surface area (Å²) in [5, 5.41) is 4.08. The molecule has 0 unspecified atom stereocenters. The highest BCUT2D eigenvalue weighted by atomic mass is 15.2. The monoisotopic (exact) mass is 216 g/mol. The standard InChI is InChI=1S/C9H10N4.C3H6/c1-7-10-4-3-9(12-7)8-5-11-13(2)6-8;1-3-2/h3-6H,1-2H3;3H,1H2,2H3. The minimum atomic E-state index is 0.779. The second-order valence-corrected chi connectivity index (χ2v) is 3.30. The van der Waals surface area contributed by atoms with Gasteiger partial charge in [-0.2, -0.15) is 5.10 Å². The Bertz CT molecular complexity index is 460. The fourth-order valence-electron chi connectivity index (χ4n) is 1.17. The second kappa shape index (κ2) is 5.80. The second-order valence-electron chi connectivity index (χ2n) is 3.30. The first kappa shape index (κ1) is 12.1. The first-order valence-electron chi connectivity index (χ1n) is 5.03. The van der Waals surface area contributed by atoms with Crippen molar-refractivity contribution in [3.8, 4) is 11.3 Å². The van der Waals surface area contributed by atoms with Crippen molar-refractivity contribution in [1.82, 2.24) is 19.7 Å². The van der Waals surface area contributed by atoms with E-state index in [1.54, 1.807) is 23.2 Å². The van der Waals surface area contributed by atoms with Crippen molar-refractivity contribution in [2.24, 2.45) is 7.05 Å². The van der Waals surface area contributed by atoms with Crippen LogP contribution in [0.15, 0.2) is 37.3 Å². The van der Waals surface area contributed by atoms with Crippen LogP contribution >= 0.6 is 0 Å². The van der Waals surface area contributed by atoms with Gasteiger partial charge < -0.3 is 0 Å². The Kier molecular flexibility index (Phi) is 4.39. The summed E-state index contributed by atoms with van der Waals surface area (Å²) in [5.74, 6) is 0.779. The topological polar surface area (TPSA) is 43.6 Å². The molecule has 0 saturated heterocycles. The van der Waals surface area contributed by atoms with E-state index in [1.807, 2.05) is 33.2 Å². The van der Waals surface area contributed by atoms with Crippen LogP contribution in [0.3, 0.4) is 0 Å². The zero-order valence-corrected chi connectivity index (χ0v) is 9.88. The van der Waals surface area contributed by atoms with Gasteiger partial charge in [0.05, 0.1) is 11.9 Å². The van der Waals surface area contributed by atoms with Crippen LogP contribution < -0.4 is 0 Å². The van der Waals surface area contributed by atoms with Crippen molar-refractivity contribution in [1.29, 1.82) is 0 Å². The predicted octanol–water partition coefficient (Wildman–Crippen LogP) is 2.38. The molecule has 2 aromatic heterocycles. The number of aromatic nitrogens is 4. The molecule has 0 aliphatic carbocycles. The first-order valence-corrected chi connectivity index (χ1v) is 5.03. The lowest BCUT2D eigenvalue weighted by Gasteiger charge is -1.95. The summed E-state index contributed by atoms with van der Waals surface area (Å²) in [6, 6.07) is 1.88. The summed E-state index contributed by atoms with van der Waals surface area (Å²) < 4.78 is 1.76. The summed E-state index contributed by atoms with van der Waals surface area (Å²) >= 11 is 0. The molecule has 0 amide bonds. The maximum atomic E-state index is 4.29. The van der Waals surface area contributed by atoms with Gasteiger partial charge in [0.2, 0.25) is 0 Å². The molecular weight excluding hydrogens is 200 g/mol. The van der Waals surface area contributed by atoms with Gasteiger partial charge in [-0.1, -0.05) is 6.08 Å². The lowest BCUT2D eigenvalue weighted by molar-refractivity contribution is 0.768. The predicted molar refractivity (Wildman–Crippen MR) is 64.8 cm³/mol. The van der Waals surface area contributed by atoms with Crippen molar-refractivity contribution >= 4 is 0 Å². The summed E-state index contributed by atoms with van der Waals surface area (Å²) in [4.78, 5) is 8.33. The molecule has 4 heteroatoms. The van der Waals surface area contributed by atoms with E-state index in [-0.39, 0.29) is 0 Å². The highest BCUT2D eigenvalue weighted by molar-refractivity contribution is 5.56. The fourth-order valence-corrected chi connectivity index (χ4v) is 1.17. The van der Waals surface area contributed by atoms with Crippen molar-refractivity contribution in [3.63, 3.8) is 0 Å². The van der Waals surface area contributed by atoms with Gasteiger partial charge in [-0.3, -0.25) is 4.68 Å². The Morgan fingerprint density at radius 3 is 2.62 bits per heavy atom. The van der Waals surface area contributed by atoms with Crippen LogP contribution in [0.1, 0.15) is 12.7 Å². The molecule has 0 aliphatic rings. The smallest absolute Gasteiger partial charge is 0.125 e. The number of aryl methyl sites for hydroxylation is 2. The van der Waals surface area contributed by atoms with Crippen LogP contribution in [0.2, 0.25) is 0 Å². The van der Waals surface area contributed by atoms with Crippen LogP contribution in [0, 0.1) is 6.92 Å². The first-order chi connectivity index (χ1) is 7.67. The molecule has 2 rings (SSSR count). The van der Waals surface area contributed by atoms with Crippen molar-refractivity contribution < 1.29 is 0 Å². The molecule has 0 saturated carbocycles. The number of rotatable bonds is 1. The summed E-state index contributed by atoms with van der Waals surface area (Å²) in [5.41, 5.74) is 1.94. The van der Waals surface area contributed by atoms with Gasteiger partial charge >= 0.3 is 0 Å². The van der Waals surface area contributed by atoms with Gasteiger partial charge in [0.1, 0.15) is 5.82 Å². The Balaban J connectivity index is 0.000000386. The highest BCUT2D eigenvalue weighted by Gasteiger charge is 2.01. The van der Waals surface area contributed by atoms with E-state index in [2.05, 4.69) is 21.6 Å². The Hall–Kier alpha value is -1.97. The molecule has 0 radical (unpaired) electrons. The summed E-state index contributed by atoms with van der Waals surface area (Å²) in [7, 11) is 1.89. The molecule has 0 spiro atoms. The number of allylic oxidation sites excluding steroid dienone is 1. The normalized spacial score (nSPS) is 9.19. The average molecular weight is 216 g/mol. The highest BCUT2D eigenvalue weighted by Crippen LogP contribution is 2.14. The third-order valence-corrected chi connectivity index (χ3v) is 1.78. The van der Waals surface area contributed by atoms with Crippen LogP contribution in [0.5, 0.6) is 0 Å². The molecule has 16 heavy (non-hydrogen) atoms. The molecule has 0 atom stereocenters. The van der Waals surface area contributed by atoms with Gasteiger partial charge in [-0.05, 0) is 19.9 Å². The fraction of sp³-hybridized carbons (Fsp3) is 0.250. The van der Waals surface area contributed by atoms with Gasteiger partial charge in [0.15, 0.2) is 0 Å². The van der Waals surface area contributed by atoms with E-state index < -0.39 is 0 Å². The SMILES string of the molecule is C=CC.Cc1nccc(-c2cnn(C)c2)n1. The van der Waals surface area contributed by atoms with E-state index in [1.165, 1.54) is 0 Å². The largest absolute Gasteiger partial charge is 0.275 e. The molecule has 0 N–H and O–H groups in total. The zero-order chi connectivity index (χ0) is 12.0. The van der Waals surface area contributed by atoms with E-state index in [0.29, 0.717) is 0 Å². The molecule has 4 nitrogen and oxygen atoms in total. The van der Waals surface area contributed by atoms with Gasteiger partial charge in [0, 0.05) is 25.0 Å². The molecule has 2 aromatic rings. The number of nitrogens with zero attached hydrogens (tertiary/aromatic N) is 4. The van der Waals surface area contributed by atoms with Gasteiger partial charge in [0.25, 0.3) is 0 Å². The van der Waals surface area contributed by atoms with Crippen molar-refractivity contribution in [3.05, 3.63) is 43.1 Å². The lowest BCUT2D eigenvalue weighted by atomic mass is 10.2. The molecule has 2 heterocycles. The lowest BCUT2D eigenvalue weighted by Crippen LogP contribution is -1.88. The minimum Gasteiger partial charge on any atom is -0.275 e. The van der Waals surface area contributed by atoms with Crippen LogP contribution in [0.4, 0.5) is 0 Å². The summed E-state index contributed by atoms with van der Waals surface area (Å²) in [6.07, 6.45) is 7.23. The minimum absolute atomic E-state index is 0.779. The molecule has 0 aromatic carbocycles. The van der Waals surface area contributed by atoms with Crippen LogP contribution in [0.25, 0.3) is 11.3 Å². The summed E-state index contributed by atoms with van der Waals surface area (Å²) in [6.45, 7) is 7.12. The third-order valence-electron chi connectivity index (χ3n) is 1.78. The Morgan fingerprint density at radius 1 is 1.44 bits per heavy atom. The number of hydrogen-bond acceptors (Lipinski definition) is 3. The Morgan fingerprint density at radius 2 is 2.12 bits per heavy atom. The van der Waals surface area contributed by atoms with Gasteiger partial charge in [-0.15, -0.1) is 6.58 Å². The third kappa shape index (κ3) is 3.31. The van der Waals surface area contributed by atoms with E-state index >= 15 is 0 Å². The van der Waals surface area contributed by atoms with Gasteiger partial charge in [-0.25, -0.2) is 9.97 Å². The quantitative estimate of drug-likeness (QED) is 0.687. The molecule has 84 valence electrons. The van der Waals surface area contributed by atoms with E-state index in [9.17, 15) is 0 Å².